The number of benzene rings is 2. The molecule has 0 bridgehead atoms. The first-order valence-electron chi connectivity index (χ1n) is 12.2. The molecule has 1 fully saturated rings. The van der Waals surface area contributed by atoms with E-state index in [0.29, 0.717) is 18.7 Å². The van der Waals surface area contributed by atoms with Crippen molar-refractivity contribution < 1.29 is 13.9 Å². The number of nitrogens with zero attached hydrogens (tertiary/aromatic N) is 1. The molecule has 0 spiro atoms. The number of hydrogen-bond donors (Lipinski definition) is 1. The lowest BCUT2D eigenvalue weighted by Crippen LogP contribution is -2.26. The van der Waals surface area contributed by atoms with Crippen LogP contribution in [-0.4, -0.2) is 18.6 Å². The first kappa shape index (κ1) is 23.6. The molecule has 1 amide bonds. The molecule has 2 aromatic rings. The van der Waals surface area contributed by atoms with E-state index in [-0.39, 0.29) is 23.2 Å². The second-order valence-electron chi connectivity index (χ2n) is 10.8. The summed E-state index contributed by atoms with van der Waals surface area (Å²) < 4.78 is 20.7. The van der Waals surface area contributed by atoms with E-state index in [4.69, 9.17) is 10.5 Å². The third-order valence-electron chi connectivity index (χ3n) is 7.19. The maximum atomic E-state index is 14.8. The van der Waals surface area contributed by atoms with Crippen LogP contribution in [-0.2, 0) is 24.2 Å². The highest BCUT2D eigenvalue weighted by atomic mass is 19.1. The fourth-order valence-corrected chi connectivity index (χ4v) is 5.19. The topological polar surface area (TPSA) is 55.6 Å². The number of amides is 1. The number of aryl methyl sites for hydroxylation is 3. The number of ether oxygens (including phenoxy) is 1. The van der Waals surface area contributed by atoms with Crippen LogP contribution in [0.4, 0.5) is 10.1 Å². The van der Waals surface area contributed by atoms with Gasteiger partial charge >= 0.3 is 0 Å². The van der Waals surface area contributed by atoms with Gasteiger partial charge in [-0.1, -0.05) is 13.8 Å². The van der Waals surface area contributed by atoms with Crippen molar-refractivity contribution in [3.8, 4) is 5.75 Å². The number of carbonyl (C=O) groups excluding carboxylic acids is 1. The van der Waals surface area contributed by atoms with Gasteiger partial charge in [0, 0.05) is 25.2 Å². The van der Waals surface area contributed by atoms with Gasteiger partial charge in [-0.2, -0.15) is 0 Å². The van der Waals surface area contributed by atoms with Gasteiger partial charge in [-0.05, 0) is 110 Å². The largest absolute Gasteiger partial charge is 0.487 e. The summed E-state index contributed by atoms with van der Waals surface area (Å²) in [6.45, 7) is 10.1. The maximum absolute atomic E-state index is 14.8. The first-order chi connectivity index (χ1) is 15.6. The van der Waals surface area contributed by atoms with E-state index < -0.39 is 0 Å². The van der Waals surface area contributed by atoms with Crippen LogP contribution in [0, 0.1) is 25.1 Å². The average molecular weight is 453 g/mol. The van der Waals surface area contributed by atoms with Gasteiger partial charge in [0.15, 0.2) is 11.6 Å². The van der Waals surface area contributed by atoms with Crippen LogP contribution < -0.4 is 15.4 Å². The highest BCUT2D eigenvalue weighted by Crippen LogP contribution is 2.35. The Kier molecular flexibility index (Phi) is 6.69. The second kappa shape index (κ2) is 9.36. The monoisotopic (exact) mass is 452 g/mol. The number of primary amides is 1. The van der Waals surface area contributed by atoms with Crippen molar-refractivity contribution in [1.82, 2.24) is 0 Å². The number of hydrogen-bond acceptors (Lipinski definition) is 3. The molecule has 1 heterocycles. The van der Waals surface area contributed by atoms with E-state index in [2.05, 4.69) is 44.7 Å². The SMILES string of the molecule is Cc1cc(N2CCCc3cc(OC4CCC4)c(F)cc3C2)cc(C)c1CC(C)(C)CC(N)=O. The van der Waals surface area contributed by atoms with Crippen LogP contribution in [0.15, 0.2) is 24.3 Å². The van der Waals surface area contributed by atoms with Crippen molar-refractivity contribution in [2.24, 2.45) is 11.1 Å². The molecule has 1 aliphatic heterocycles. The molecule has 4 nitrogen and oxygen atoms in total. The molecule has 0 unspecified atom stereocenters. The van der Waals surface area contributed by atoms with Gasteiger partial charge in [0.05, 0.1) is 6.10 Å². The lowest BCUT2D eigenvalue weighted by Gasteiger charge is -2.29. The van der Waals surface area contributed by atoms with E-state index in [1.54, 1.807) is 6.07 Å². The fourth-order valence-electron chi connectivity index (χ4n) is 5.19. The third kappa shape index (κ3) is 5.51. The molecule has 5 heteroatoms. The number of carbonyl (C=O) groups is 1. The van der Waals surface area contributed by atoms with Crippen molar-refractivity contribution in [1.29, 1.82) is 0 Å². The van der Waals surface area contributed by atoms with E-state index in [9.17, 15) is 9.18 Å². The quantitative estimate of drug-likeness (QED) is 0.580. The second-order valence-corrected chi connectivity index (χ2v) is 10.8. The first-order valence-corrected chi connectivity index (χ1v) is 12.2. The molecular weight excluding hydrogens is 415 g/mol. The Morgan fingerprint density at radius 1 is 1.12 bits per heavy atom. The Morgan fingerprint density at radius 2 is 1.82 bits per heavy atom. The molecule has 178 valence electrons. The molecule has 33 heavy (non-hydrogen) atoms. The Bertz CT molecular complexity index is 1020. The third-order valence-corrected chi connectivity index (χ3v) is 7.19. The van der Waals surface area contributed by atoms with Crippen molar-refractivity contribution in [3.63, 3.8) is 0 Å². The van der Waals surface area contributed by atoms with Crippen molar-refractivity contribution in [2.45, 2.75) is 85.3 Å². The van der Waals surface area contributed by atoms with Crippen LogP contribution in [0.3, 0.4) is 0 Å². The number of halogens is 1. The summed E-state index contributed by atoms with van der Waals surface area (Å²) in [4.78, 5) is 13.8. The van der Waals surface area contributed by atoms with Gasteiger partial charge in [-0.3, -0.25) is 4.79 Å². The van der Waals surface area contributed by atoms with Crippen molar-refractivity contribution in [3.05, 3.63) is 57.9 Å². The smallest absolute Gasteiger partial charge is 0.217 e. The predicted molar refractivity (Wildman–Crippen MR) is 131 cm³/mol. The zero-order valence-corrected chi connectivity index (χ0v) is 20.5. The Labute approximate surface area is 197 Å². The van der Waals surface area contributed by atoms with Crippen LogP contribution in [0.2, 0.25) is 0 Å². The molecule has 0 saturated heterocycles. The predicted octanol–water partition coefficient (Wildman–Crippen LogP) is 5.77. The van der Waals surface area contributed by atoms with Gasteiger partial charge < -0.3 is 15.4 Å². The van der Waals surface area contributed by atoms with Gasteiger partial charge in [0.1, 0.15) is 0 Å². The normalized spacial score (nSPS) is 16.7. The summed E-state index contributed by atoms with van der Waals surface area (Å²) in [6.07, 6.45) is 6.54. The summed E-state index contributed by atoms with van der Waals surface area (Å²) in [5.41, 5.74) is 12.4. The van der Waals surface area contributed by atoms with Crippen molar-refractivity contribution in [2.75, 3.05) is 11.4 Å². The highest BCUT2D eigenvalue weighted by molar-refractivity contribution is 5.74. The summed E-state index contributed by atoms with van der Waals surface area (Å²) in [5, 5.41) is 0. The molecule has 2 aromatic carbocycles. The lowest BCUT2D eigenvalue weighted by atomic mass is 9.80. The molecule has 2 N–H and O–H groups in total. The highest BCUT2D eigenvalue weighted by Gasteiger charge is 2.25. The molecule has 2 aliphatic rings. The average Bonchev–Trinajstić information content (AvgIpc) is 2.88. The van der Waals surface area contributed by atoms with Gasteiger partial charge in [-0.25, -0.2) is 4.39 Å². The molecule has 0 aromatic heterocycles. The standard InChI is InChI=1S/C28H37FN2O2/c1-18-11-22(12-19(2)24(18)15-28(3,4)16-27(30)32)31-10-6-7-20-14-26(33-23-8-5-9-23)25(29)13-21(20)17-31/h11-14,23H,5-10,15-17H2,1-4H3,(H2,30,32). The maximum Gasteiger partial charge on any atom is 0.217 e. The zero-order valence-electron chi connectivity index (χ0n) is 20.5. The molecule has 0 radical (unpaired) electrons. The van der Waals surface area contributed by atoms with Gasteiger partial charge in [-0.15, -0.1) is 0 Å². The molecule has 4 rings (SSSR count). The van der Waals surface area contributed by atoms with Gasteiger partial charge in [0.2, 0.25) is 5.91 Å². The minimum absolute atomic E-state index is 0.178. The van der Waals surface area contributed by atoms with Crippen LogP contribution >= 0.6 is 0 Å². The molecular formula is C28H37FN2O2. The summed E-state index contributed by atoms with van der Waals surface area (Å²) >= 11 is 0. The Balaban J connectivity index is 1.55. The summed E-state index contributed by atoms with van der Waals surface area (Å²) in [7, 11) is 0. The minimum Gasteiger partial charge on any atom is -0.487 e. The number of anilines is 1. The van der Waals surface area contributed by atoms with Crippen molar-refractivity contribution >= 4 is 11.6 Å². The summed E-state index contributed by atoms with van der Waals surface area (Å²) in [5.74, 6) is -0.0907. The number of rotatable bonds is 7. The van der Waals surface area contributed by atoms with Gasteiger partial charge in [0.25, 0.3) is 0 Å². The number of nitrogens with two attached hydrogens (primary N) is 1. The summed E-state index contributed by atoms with van der Waals surface area (Å²) in [6, 6.07) is 8.09. The van der Waals surface area contributed by atoms with E-state index in [1.807, 2.05) is 6.07 Å². The van der Waals surface area contributed by atoms with Crippen LogP contribution in [0.5, 0.6) is 5.75 Å². The molecule has 1 saturated carbocycles. The fraction of sp³-hybridized carbons (Fsp3) is 0.536. The van der Waals surface area contributed by atoms with Crippen LogP contribution in [0.25, 0.3) is 0 Å². The molecule has 0 atom stereocenters. The lowest BCUT2D eigenvalue weighted by molar-refractivity contribution is -0.119. The number of fused-ring (bicyclic) bond motifs is 1. The van der Waals surface area contributed by atoms with E-state index >= 15 is 0 Å². The minimum atomic E-state index is -0.261. The molecule has 1 aliphatic carbocycles. The van der Waals surface area contributed by atoms with E-state index in [0.717, 1.165) is 44.2 Å². The van der Waals surface area contributed by atoms with E-state index in [1.165, 1.54) is 34.4 Å². The Hall–Kier alpha value is -2.56. The van der Waals surface area contributed by atoms with Crippen LogP contribution in [0.1, 0.15) is 73.8 Å². The zero-order chi connectivity index (χ0) is 23.8. The Morgan fingerprint density at radius 3 is 2.42 bits per heavy atom.